The van der Waals surface area contributed by atoms with Crippen molar-refractivity contribution in [3.63, 3.8) is 0 Å². The predicted octanol–water partition coefficient (Wildman–Crippen LogP) is 2.95. The van der Waals surface area contributed by atoms with Crippen molar-refractivity contribution in [2.45, 2.75) is 6.92 Å². The summed E-state index contributed by atoms with van der Waals surface area (Å²) in [5.74, 6) is -0.473. The van der Waals surface area contributed by atoms with E-state index in [0.29, 0.717) is 9.88 Å². The summed E-state index contributed by atoms with van der Waals surface area (Å²) in [6.45, 7) is 1.94. The second kappa shape index (κ2) is 4.81. The summed E-state index contributed by atoms with van der Waals surface area (Å²) in [5.41, 5.74) is 1.86. The third-order valence-corrected chi connectivity index (χ3v) is 3.55. The van der Waals surface area contributed by atoms with Gasteiger partial charge >= 0.3 is 5.97 Å². The minimum absolute atomic E-state index is 0.165. The van der Waals surface area contributed by atoms with Gasteiger partial charge in [0.2, 0.25) is 0 Å². The maximum Gasteiger partial charge on any atom is 0.351 e. The first-order valence-corrected chi connectivity index (χ1v) is 5.98. The Morgan fingerprint density at radius 3 is 2.88 bits per heavy atom. The highest BCUT2D eigenvalue weighted by molar-refractivity contribution is 7.17. The van der Waals surface area contributed by atoms with Crippen LogP contribution in [0.4, 0.5) is 0 Å². The summed E-state index contributed by atoms with van der Waals surface area (Å²) in [5, 5.41) is 0.824. The van der Waals surface area contributed by atoms with Crippen LogP contribution in [-0.2, 0) is 4.74 Å². The van der Waals surface area contributed by atoms with Gasteiger partial charge in [-0.3, -0.25) is 4.98 Å². The Morgan fingerprint density at radius 2 is 2.24 bits per heavy atom. The number of aromatic nitrogens is 2. The van der Waals surface area contributed by atoms with Crippen LogP contribution in [0.1, 0.15) is 15.2 Å². The Balaban J connectivity index is 2.44. The first-order valence-electron chi connectivity index (χ1n) is 4.78. The van der Waals surface area contributed by atoms with Crippen molar-refractivity contribution < 1.29 is 9.53 Å². The van der Waals surface area contributed by atoms with Crippen LogP contribution in [0.5, 0.6) is 0 Å². The summed E-state index contributed by atoms with van der Waals surface area (Å²) in [6.07, 6.45) is 3.43. The van der Waals surface area contributed by atoms with Gasteiger partial charge in [-0.1, -0.05) is 11.6 Å². The van der Waals surface area contributed by atoms with Gasteiger partial charge in [-0.25, -0.2) is 9.78 Å². The van der Waals surface area contributed by atoms with E-state index < -0.39 is 5.97 Å². The van der Waals surface area contributed by atoms with Gasteiger partial charge in [-0.15, -0.1) is 11.3 Å². The number of nitrogens with zero attached hydrogens (tertiary/aromatic N) is 2. The molecule has 0 aliphatic carbocycles. The fourth-order valence-corrected chi connectivity index (χ4v) is 2.50. The number of pyridine rings is 1. The number of esters is 1. The Hall–Kier alpha value is -1.46. The van der Waals surface area contributed by atoms with Gasteiger partial charge in [-0.05, 0) is 18.6 Å². The number of halogens is 1. The molecule has 17 heavy (non-hydrogen) atoms. The number of methoxy groups -OCH3 is 1. The molecule has 2 aromatic heterocycles. The van der Waals surface area contributed by atoms with E-state index in [1.807, 2.05) is 13.0 Å². The lowest BCUT2D eigenvalue weighted by Gasteiger charge is -1.96. The smallest absolute Gasteiger partial charge is 0.351 e. The lowest BCUT2D eigenvalue weighted by atomic mass is 10.2. The molecule has 2 heterocycles. The predicted molar refractivity (Wildman–Crippen MR) is 66.4 cm³/mol. The molecule has 0 N–H and O–H groups in total. The second-order valence-corrected chi connectivity index (χ2v) is 4.74. The zero-order valence-electron chi connectivity index (χ0n) is 9.23. The number of carbonyl (C=O) groups excluding carboxylic acids is 1. The molecule has 0 saturated carbocycles. The van der Waals surface area contributed by atoms with Crippen LogP contribution >= 0.6 is 22.9 Å². The Morgan fingerprint density at radius 1 is 1.47 bits per heavy atom. The number of hydrogen-bond acceptors (Lipinski definition) is 5. The average molecular weight is 269 g/mol. The molecule has 6 heteroatoms. The third-order valence-electron chi connectivity index (χ3n) is 2.08. The lowest BCUT2D eigenvalue weighted by Crippen LogP contribution is -1.98. The molecular weight excluding hydrogens is 260 g/mol. The number of thiazole rings is 1. The summed E-state index contributed by atoms with van der Waals surface area (Å²) < 4.78 is 4.62. The van der Waals surface area contributed by atoms with E-state index in [-0.39, 0.29) is 5.15 Å². The van der Waals surface area contributed by atoms with Crippen LogP contribution < -0.4 is 0 Å². The first kappa shape index (κ1) is 12.0. The van der Waals surface area contributed by atoms with Crippen LogP contribution in [0.25, 0.3) is 10.6 Å². The van der Waals surface area contributed by atoms with Crippen molar-refractivity contribution in [1.29, 1.82) is 0 Å². The first-order chi connectivity index (χ1) is 8.11. The molecule has 88 valence electrons. The molecule has 4 nitrogen and oxygen atoms in total. The third kappa shape index (κ3) is 2.45. The number of ether oxygens (including phenoxy) is 1. The molecule has 0 aliphatic heterocycles. The van der Waals surface area contributed by atoms with E-state index in [0.717, 1.165) is 11.1 Å². The highest BCUT2D eigenvalue weighted by Gasteiger charge is 2.18. The average Bonchev–Trinajstić information content (AvgIpc) is 2.70. The van der Waals surface area contributed by atoms with E-state index in [4.69, 9.17) is 11.6 Å². The summed E-state index contributed by atoms with van der Waals surface area (Å²) in [7, 11) is 1.31. The maximum absolute atomic E-state index is 11.4. The van der Waals surface area contributed by atoms with Gasteiger partial charge in [-0.2, -0.15) is 0 Å². The van der Waals surface area contributed by atoms with Gasteiger partial charge in [0.05, 0.1) is 7.11 Å². The zero-order chi connectivity index (χ0) is 12.4. The molecule has 0 saturated heterocycles. The molecular formula is C11H9ClN2O2S. The molecule has 0 unspecified atom stereocenters. The van der Waals surface area contributed by atoms with Crippen LogP contribution in [-0.4, -0.2) is 23.0 Å². The van der Waals surface area contributed by atoms with Crippen molar-refractivity contribution in [3.8, 4) is 10.6 Å². The van der Waals surface area contributed by atoms with Crippen LogP contribution in [0.3, 0.4) is 0 Å². The highest BCUT2D eigenvalue weighted by atomic mass is 35.5. The Kier molecular flexibility index (Phi) is 3.40. The molecule has 0 radical (unpaired) electrons. The van der Waals surface area contributed by atoms with Crippen molar-refractivity contribution in [2.24, 2.45) is 0 Å². The minimum Gasteiger partial charge on any atom is -0.465 e. The molecule has 0 spiro atoms. The molecule has 2 aromatic rings. The minimum atomic E-state index is -0.473. The standard InChI is InChI=1S/C11H9ClN2O2S/c1-6-3-7(5-13-4-6)10-14-9(12)8(17-10)11(15)16-2/h3-5H,1-2H3. The monoisotopic (exact) mass is 268 g/mol. The van der Waals surface area contributed by atoms with E-state index in [1.165, 1.54) is 18.4 Å². The fourth-order valence-electron chi connectivity index (χ4n) is 1.32. The van der Waals surface area contributed by atoms with Gasteiger partial charge in [0, 0.05) is 18.0 Å². The normalized spacial score (nSPS) is 10.3. The molecule has 0 fully saturated rings. The maximum atomic E-state index is 11.4. The van der Waals surface area contributed by atoms with Gasteiger partial charge < -0.3 is 4.74 Å². The Labute approximate surface area is 107 Å². The highest BCUT2D eigenvalue weighted by Crippen LogP contribution is 2.31. The zero-order valence-corrected chi connectivity index (χ0v) is 10.8. The van der Waals surface area contributed by atoms with Crippen molar-refractivity contribution in [2.75, 3.05) is 7.11 Å². The second-order valence-electron chi connectivity index (χ2n) is 3.38. The SMILES string of the molecule is COC(=O)c1sc(-c2cncc(C)c2)nc1Cl. The van der Waals surface area contributed by atoms with Gasteiger partial charge in [0.15, 0.2) is 10.0 Å². The van der Waals surface area contributed by atoms with Crippen molar-refractivity contribution >= 4 is 28.9 Å². The van der Waals surface area contributed by atoms with E-state index >= 15 is 0 Å². The molecule has 2 rings (SSSR count). The van der Waals surface area contributed by atoms with Crippen molar-refractivity contribution in [3.05, 3.63) is 34.1 Å². The largest absolute Gasteiger partial charge is 0.465 e. The fraction of sp³-hybridized carbons (Fsp3) is 0.182. The molecule has 0 atom stereocenters. The lowest BCUT2D eigenvalue weighted by molar-refractivity contribution is 0.0606. The number of hydrogen-bond donors (Lipinski definition) is 0. The van der Waals surface area contributed by atoms with E-state index in [2.05, 4.69) is 14.7 Å². The quantitative estimate of drug-likeness (QED) is 0.786. The summed E-state index contributed by atoms with van der Waals surface area (Å²) >= 11 is 7.08. The Bertz CT molecular complexity index is 568. The molecule has 0 bridgehead atoms. The van der Waals surface area contributed by atoms with Crippen LogP contribution in [0.2, 0.25) is 5.15 Å². The number of carbonyl (C=O) groups is 1. The summed E-state index contributed by atoms with van der Waals surface area (Å²) in [4.78, 5) is 19.9. The van der Waals surface area contributed by atoms with E-state index in [1.54, 1.807) is 12.4 Å². The number of aryl methyl sites for hydroxylation is 1. The van der Waals surface area contributed by atoms with Crippen LogP contribution in [0.15, 0.2) is 18.5 Å². The summed E-state index contributed by atoms with van der Waals surface area (Å²) in [6, 6.07) is 1.93. The van der Waals surface area contributed by atoms with E-state index in [9.17, 15) is 4.79 Å². The van der Waals surface area contributed by atoms with Crippen LogP contribution in [0, 0.1) is 6.92 Å². The van der Waals surface area contributed by atoms with Gasteiger partial charge in [0.25, 0.3) is 0 Å². The van der Waals surface area contributed by atoms with Crippen molar-refractivity contribution in [1.82, 2.24) is 9.97 Å². The molecule has 0 aromatic carbocycles. The molecule has 0 amide bonds. The number of rotatable bonds is 2. The topological polar surface area (TPSA) is 52.1 Å². The molecule has 0 aliphatic rings. The van der Waals surface area contributed by atoms with Gasteiger partial charge in [0.1, 0.15) is 5.01 Å².